The van der Waals surface area contributed by atoms with E-state index < -0.39 is 33.9 Å². The van der Waals surface area contributed by atoms with Gasteiger partial charge >= 0.3 is 6.03 Å². The molecule has 0 spiro atoms. The van der Waals surface area contributed by atoms with Gasteiger partial charge in [-0.25, -0.2) is 26.7 Å². The van der Waals surface area contributed by atoms with Gasteiger partial charge in [-0.05, 0) is 50.7 Å². The third kappa shape index (κ3) is 4.85. The molecule has 31 heavy (non-hydrogen) atoms. The minimum atomic E-state index is -4.11. The van der Waals surface area contributed by atoms with E-state index in [0.717, 1.165) is 19.3 Å². The molecule has 1 aromatic carbocycles. The molecule has 3 fully saturated rings. The zero-order chi connectivity index (χ0) is 22.2. The van der Waals surface area contributed by atoms with Crippen molar-refractivity contribution in [3.05, 3.63) is 35.1 Å². The van der Waals surface area contributed by atoms with Gasteiger partial charge < -0.3 is 9.80 Å². The fourth-order valence-electron chi connectivity index (χ4n) is 4.02. The Hall–Kier alpha value is -2.18. The lowest BCUT2D eigenvalue weighted by molar-refractivity contribution is 0.120. The molecule has 6 nitrogen and oxygen atoms in total. The van der Waals surface area contributed by atoms with Gasteiger partial charge in [0.25, 0.3) is 0 Å². The van der Waals surface area contributed by atoms with Crippen LogP contribution in [-0.2, 0) is 16.4 Å². The second-order valence-corrected chi connectivity index (χ2v) is 10.6. The van der Waals surface area contributed by atoms with Crippen molar-refractivity contribution in [1.82, 2.24) is 14.5 Å². The van der Waals surface area contributed by atoms with Crippen LogP contribution in [0.2, 0.25) is 0 Å². The van der Waals surface area contributed by atoms with E-state index in [1.807, 2.05) is 6.92 Å². The number of carbonyl (C=O) groups excluding carboxylic acids is 1. The van der Waals surface area contributed by atoms with Crippen LogP contribution in [0.4, 0.5) is 13.6 Å². The van der Waals surface area contributed by atoms with Gasteiger partial charge in [0.1, 0.15) is 5.82 Å². The summed E-state index contributed by atoms with van der Waals surface area (Å²) in [6.07, 6.45) is 3.41. The van der Waals surface area contributed by atoms with Gasteiger partial charge in [-0.1, -0.05) is 24.0 Å². The Bertz CT molecular complexity index is 1030. The zero-order valence-electron chi connectivity index (χ0n) is 17.5. The Balaban J connectivity index is 1.59. The summed E-state index contributed by atoms with van der Waals surface area (Å²) in [6.45, 7) is 3.68. The Morgan fingerprint density at radius 3 is 2.65 bits per heavy atom. The zero-order valence-corrected chi connectivity index (χ0v) is 18.4. The van der Waals surface area contributed by atoms with E-state index in [0.29, 0.717) is 37.2 Å². The van der Waals surface area contributed by atoms with E-state index in [9.17, 15) is 17.6 Å². The lowest BCUT2D eigenvalue weighted by atomic mass is 9.98. The summed E-state index contributed by atoms with van der Waals surface area (Å²) in [5.41, 5.74) is 0.625. The van der Waals surface area contributed by atoms with E-state index in [2.05, 4.69) is 16.6 Å². The minimum absolute atomic E-state index is 0.0376. The van der Waals surface area contributed by atoms with Crippen LogP contribution in [-0.4, -0.2) is 62.0 Å². The third-order valence-electron chi connectivity index (χ3n) is 6.40. The van der Waals surface area contributed by atoms with Gasteiger partial charge in [-0.15, -0.1) is 0 Å². The smallest absolute Gasteiger partial charge is 0.320 e. The van der Waals surface area contributed by atoms with Crippen molar-refractivity contribution in [2.75, 3.05) is 25.6 Å². The molecule has 2 aliphatic heterocycles. The van der Waals surface area contributed by atoms with Crippen LogP contribution in [0.1, 0.15) is 43.7 Å². The molecule has 0 aromatic heterocycles. The van der Waals surface area contributed by atoms with Gasteiger partial charge in [0, 0.05) is 31.1 Å². The largest absolute Gasteiger partial charge is 0.325 e. The van der Waals surface area contributed by atoms with Crippen molar-refractivity contribution in [2.24, 2.45) is 5.41 Å². The first-order chi connectivity index (χ1) is 14.7. The number of hydrogen-bond donors (Lipinski definition) is 1. The van der Waals surface area contributed by atoms with Crippen molar-refractivity contribution in [1.29, 1.82) is 0 Å². The molecule has 2 amide bonds. The van der Waals surface area contributed by atoms with Crippen molar-refractivity contribution >= 4 is 16.1 Å². The molecule has 2 atom stereocenters. The number of urea groups is 1. The monoisotopic (exact) mass is 451 g/mol. The second-order valence-electron chi connectivity index (χ2n) is 8.91. The van der Waals surface area contributed by atoms with E-state index >= 15 is 4.39 Å². The van der Waals surface area contributed by atoms with E-state index in [1.54, 1.807) is 28.0 Å². The average molecular weight is 452 g/mol. The van der Waals surface area contributed by atoms with E-state index in [1.165, 1.54) is 0 Å². The number of likely N-dealkylation sites (tertiary alicyclic amines) is 2. The average Bonchev–Trinajstić information content (AvgIpc) is 3.30. The topological polar surface area (TPSA) is 69.7 Å². The van der Waals surface area contributed by atoms with Crippen LogP contribution in [0.3, 0.4) is 0 Å². The maximum atomic E-state index is 15.2. The predicted octanol–water partition coefficient (Wildman–Crippen LogP) is 2.63. The second kappa shape index (κ2) is 8.40. The summed E-state index contributed by atoms with van der Waals surface area (Å²) in [5.74, 6) is 5.61. The van der Waals surface area contributed by atoms with Crippen LogP contribution < -0.4 is 4.72 Å². The summed E-state index contributed by atoms with van der Waals surface area (Å²) in [4.78, 5) is 16.1. The molecular weight excluding hydrogens is 424 g/mol. The summed E-state index contributed by atoms with van der Waals surface area (Å²) < 4.78 is 54.2. The fourth-order valence-corrected chi connectivity index (χ4v) is 4.82. The first-order valence-electron chi connectivity index (χ1n) is 10.6. The molecule has 1 aliphatic carbocycles. The number of carbonyl (C=O) groups is 1. The maximum absolute atomic E-state index is 15.2. The molecule has 0 bridgehead atoms. The third-order valence-corrected chi connectivity index (χ3v) is 7.35. The molecule has 2 unspecified atom stereocenters. The van der Waals surface area contributed by atoms with Crippen molar-refractivity contribution < 1.29 is 22.0 Å². The number of nitrogens with one attached hydrogen (secondary N) is 1. The maximum Gasteiger partial charge on any atom is 0.320 e. The standard InChI is InChI=1S/C22H27F2N3O3S/c1-22(9-10-22)8-6-16-4-2-5-17(20(16)24)14-19-18(25-31(29,30)15-23)7-13-27(19)21(28)26-11-3-12-26/h2,4-5,18-19,25H,3,7,9-15H2,1H3. The molecule has 3 aliphatic rings. The van der Waals surface area contributed by atoms with Crippen LogP contribution in [0.15, 0.2) is 18.2 Å². The molecule has 1 N–H and O–H groups in total. The lowest BCUT2D eigenvalue weighted by Gasteiger charge is -2.37. The SMILES string of the molecule is CC1(C#Cc2cccc(CC3C(NS(=O)(=O)CF)CCN3C(=O)N3CCC3)c2F)CC1. The molecule has 0 radical (unpaired) electrons. The number of sulfonamides is 1. The summed E-state index contributed by atoms with van der Waals surface area (Å²) in [5, 5.41) is 0. The molecule has 2 heterocycles. The van der Waals surface area contributed by atoms with E-state index in [4.69, 9.17) is 0 Å². The minimum Gasteiger partial charge on any atom is -0.325 e. The molecule has 1 saturated carbocycles. The Morgan fingerprint density at radius 2 is 2.03 bits per heavy atom. The first-order valence-corrected chi connectivity index (χ1v) is 12.3. The van der Waals surface area contributed by atoms with Crippen LogP contribution in [0.25, 0.3) is 0 Å². The van der Waals surface area contributed by atoms with Gasteiger partial charge in [0.2, 0.25) is 16.0 Å². The fraction of sp³-hybridized carbons (Fsp3) is 0.591. The molecule has 1 aromatic rings. The van der Waals surface area contributed by atoms with Gasteiger partial charge in [-0.3, -0.25) is 0 Å². The first kappa shape index (κ1) is 22.0. The van der Waals surface area contributed by atoms with Crippen molar-refractivity contribution in [3.8, 4) is 11.8 Å². The molecule has 2 saturated heterocycles. The summed E-state index contributed by atoms with van der Waals surface area (Å²) in [6, 6.07) is 1.97. The summed E-state index contributed by atoms with van der Waals surface area (Å²) >= 11 is 0. The Kier molecular flexibility index (Phi) is 5.97. The summed E-state index contributed by atoms with van der Waals surface area (Å²) in [7, 11) is -4.11. The highest BCUT2D eigenvalue weighted by molar-refractivity contribution is 7.89. The van der Waals surface area contributed by atoms with Crippen molar-refractivity contribution in [3.63, 3.8) is 0 Å². The van der Waals surface area contributed by atoms with Gasteiger partial charge in [-0.2, -0.15) is 0 Å². The number of halogens is 2. The van der Waals surface area contributed by atoms with Gasteiger partial charge in [0.15, 0.2) is 0 Å². The highest BCUT2D eigenvalue weighted by Crippen LogP contribution is 2.44. The highest BCUT2D eigenvalue weighted by atomic mass is 32.2. The number of rotatable bonds is 5. The van der Waals surface area contributed by atoms with Crippen LogP contribution >= 0.6 is 0 Å². The predicted molar refractivity (Wildman–Crippen MR) is 113 cm³/mol. The van der Waals surface area contributed by atoms with Gasteiger partial charge in [0.05, 0.1) is 11.6 Å². The molecule has 4 rings (SSSR count). The quantitative estimate of drug-likeness (QED) is 0.700. The van der Waals surface area contributed by atoms with Crippen molar-refractivity contribution in [2.45, 2.75) is 51.1 Å². The normalized spacial score (nSPS) is 24.4. The molecule has 9 heteroatoms. The van der Waals surface area contributed by atoms with Crippen LogP contribution in [0.5, 0.6) is 0 Å². The van der Waals surface area contributed by atoms with Crippen LogP contribution in [0, 0.1) is 23.1 Å². The number of amides is 2. The highest BCUT2D eigenvalue weighted by Gasteiger charge is 2.41. The van der Waals surface area contributed by atoms with E-state index in [-0.39, 0.29) is 17.9 Å². The number of alkyl halides is 1. The Morgan fingerprint density at radius 1 is 1.29 bits per heavy atom. The molecule has 168 valence electrons. The molecular formula is C22H27F2N3O3S. The lowest BCUT2D eigenvalue weighted by Crippen LogP contribution is -2.54. The number of benzene rings is 1. The number of nitrogens with zero attached hydrogens (tertiary/aromatic N) is 2. The Labute approximate surface area is 182 Å². The number of hydrogen-bond acceptors (Lipinski definition) is 3.